The molecule has 0 radical (unpaired) electrons. The highest BCUT2D eigenvalue weighted by Gasteiger charge is 2.09. The number of carbonyl (C=O) groups is 1. The molecule has 0 atom stereocenters. The molecule has 0 saturated heterocycles. The SMILES string of the molecule is O=C(Nc1ccccc1F)c1cc[n+]([O-])cc1. The largest absolute Gasteiger partial charge is 0.619 e. The minimum atomic E-state index is -0.504. The zero-order valence-corrected chi connectivity index (χ0v) is 8.76. The third-order valence-electron chi connectivity index (χ3n) is 2.19. The highest BCUT2D eigenvalue weighted by Crippen LogP contribution is 2.13. The summed E-state index contributed by atoms with van der Waals surface area (Å²) in [6.07, 6.45) is 2.41. The number of aromatic nitrogens is 1. The summed E-state index contributed by atoms with van der Waals surface area (Å²) in [4.78, 5) is 11.7. The fraction of sp³-hybridized carbons (Fsp3) is 0. The van der Waals surface area contributed by atoms with Crippen molar-refractivity contribution in [2.24, 2.45) is 0 Å². The maximum Gasteiger partial charge on any atom is 0.256 e. The number of rotatable bonds is 2. The van der Waals surface area contributed by atoms with E-state index in [0.717, 1.165) is 0 Å². The topological polar surface area (TPSA) is 56.0 Å². The molecular weight excluding hydrogens is 223 g/mol. The van der Waals surface area contributed by atoms with Crippen molar-refractivity contribution in [2.75, 3.05) is 5.32 Å². The molecule has 4 nitrogen and oxygen atoms in total. The van der Waals surface area contributed by atoms with Crippen molar-refractivity contribution in [3.63, 3.8) is 0 Å². The molecule has 1 heterocycles. The van der Waals surface area contributed by atoms with Crippen LogP contribution in [-0.4, -0.2) is 5.91 Å². The van der Waals surface area contributed by atoms with Crippen LogP contribution in [0.5, 0.6) is 0 Å². The molecule has 0 aliphatic heterocycles. The Kier molecular flexibility index (Phi) is 3.00. The number of halogens is 1. The number of carbonyl (C=O) groups excluding carboxylic acids is 1. The lowest BCUT2D eigenvalue weighted by molar-refractivity contribution is -0.605. The molecule has 0 saturated carbocycles. The molecule has 0 aliphatic carbocycles. The Morgan fingerprint density at radius 1 is 1.18 bits per heavy atom. The van der Waals surface area contributed by atoms with E-state index in [1.165, 1.54) is 42.7 Å². The second kappa shape index (κ2) is 4.61. The number of benzene rings is 1. The van der Waals surface area contributed by atoms with Crippen molar-refractivity contribution in [1.82, 2.24) is 0 Å². The van der Waals surface area contributed by atoms with Gasteiger partial charge in [-0.1, -0.05) is 12.1 Å². The van der Waals surface area contributed by atoms with Crippen LogP contribution < -0.4 is 10.0 Å². The number of hydrogen-bond donors (Lipinski definition) is 1. The third kappa shape index (κ3) is 2.57. The van der Waals surface area contributed by atoms with E-state index in [1.54, 1.807) is 6.07 Å². The number of hydrogen-bond acceptors (Lipinski definition) is 2. The molecule has 0 spiro atoms. The minimum Gasteiger partial charge on any atom is -0.619 e. The molecule has 1 amide bonds. The zero-order valence-electron chi connectivity index (χ0n) is 8.76. The van der Waals surface area contributed by atoms with Crippen LogP contribution in [0.3, 0.4) is 0 Å². The summed E-state index contributed by atoms with van der Waals surface area (Å²) in [6, 6.07) is 8.60. The number of pyridine rings is 1. The fourth-order valence-electron chi connectivity index (χ4n) is 1.32. The molecule has 0 bridgehead atoms. The summed E-state index contributed by atoms with van der Waals surface area (Å²) in [5.41, 5.74) is 0.400. The van der Waals surface area contributed by atoms with Gasteiger partial charge in [-0.3, -0.25) is 4.79 Å². The Bertz CT molecular complexity index is 540. The maximum atomic E-state index is 13.3. The van der Waals surface area contributed by atoms with E-state index in [-0.39, 0.29) is 5.69 Å². The van der Waals surface area contributed by atoms with Gasteiger partial charge in [0.05, 0.1) is 11.3 Å². The van der Waals surface area contributed by atoms with E-state index < -0.39 is 11.7 Å². The quantitative estimate of drug-likeness (QED) is 0.633. The molecule has 17 heavy (non-hydrogen) atoms. The van der Waals surface area contributed by atoms with Gasteiger partial charge < -0.3 is 10.5 Å². The van der Waals surface area contributed by atoms with Crippen molar-refractivity contribution >= 4 is 11.6 Å². The van der Waals surface area contributed by atoms with Crippen LogP contribution in [0.1, 0.15) is 10.4 Å². The molecule has 5 heteroatoms. The minimum absolute atomic E-state index is 0.108. The van der Waals surface area contributed by atoms with Gasteiger partial charge in [0.2, 0.25) is 0 Å². The van der Waals surface area contributed by atoms with Gasteiger partial charge in [-0.2, -0.15) is 4.73 Å². The summed E-state index contributed by atoms with van der Waals surface area (Å²) in [5, 5.41) is 13.2. The lowest BCUT2D eigenvalue weighted by atomic mass is 10.2. The van der Waals surface area contributed by atoms with E-state index in [2.05, 4.69) is 5.32 Å². The Morgan fingerprint density at radius 3 is 2.47 bits per heavy atom. The zero-order chi connectivity index (χ0) is 12.3. The summed E-state index contributed by atoms with van der Waals surface area (Å²) in [5.74, 6) is -0.966. The molecule has 1 N–H and O–H groups in total. The van der Waals surface area contributed by atoms with Gasteiger partial charge >= 0.3 is 0 Å². The number of nitrogens with one attached hydrogen (secondary N) is 1. The lowest BCUT2D eigenvalue weighted by Crippen LogP contribution is -2.25. The van der Waals surface area contributed by atoms with Crippen LogP contribution in [0.25, 0.3) is 0 Å². The predicted octanol–water partition coefficient (Wildman–Crippen LogP) is 1.71. The molecule has 0 fully saturated rings. The van der Waals surface area contributed by atoms with Crippen molar-refractivity contribution in [2.45, 2.75) is 0 Å². The Balaban J connectivity index is 2.17. The van der Waals surface area contributed by atoms with Crippen molar-refractivity contribution < 1.29 is 13.9 Å². The first-order chi connectivity index (χ1) is 8.16. The molecular formula is C12H9FN2O2. The van der Waals surface area contributed by atoms with Gasteiger partial charge in [0.25, 0.3) is 5.91 Å². The predicted molar refractivity (Wildman–Crippen MR) is 59.8 cm³/mol. The molecule has 86 valence electrons. The number of nitrogens with zero attached hydrogens (tertiary/aromatic N) is 1. The van der Waals surface area contributed by atoms with Gasteiger partial charge in [0, 0.05) is 12.1 Å². The smallest absolute Gasteiger partial charge is 0.256 e. The lowest BCUT2D eigenvalue weighted by Gasteiger charge is -2.05. The average molecular weight is 232 g/mol. The highest BCUT2D eigenvalue weighted by molar-refractivity contribution is 6.04. The van der Waals surface area contributed by atoms with Crippen LogP contribution in [0, 0.1) is 11.0 Å². The van der Waals surface area contributed by atoms with Crippen LogP contribution in [-0.2, 0) is 0 Å². The first-order valence-corrected chi connectivity index (χ1v) is 4.91. The van der Waals surface area contributed by atoms with Gasteiger partial charge in [0.1, 0.15) is 5.82 Å². The summed E-state index contributed by atoms with van der Waals surface area (Å²) >= 11 is 0. The molecule has 0 aliphatic rings. The standard InChI is InChI=1S/C12H9FN2O2/c13-10-3-1-2-4-11(10)14-12(16)9-5-7-15(17)8-6-9/h1-8H,(H,14,16). The van der Waals surface area contributed by atoms with E-state index in [1.807, 2.05) is 0 Å². The molecule has 1 aromatic heterocycles. The molecule has 2 rings (SSSR count). The van der Waals surface area contributed by atoms with Gasteiger partial charge in [-0.25, -0.2) is 4.39 Å². The van der Waals surface area contributed by atoms with Crippen LogP contribution in [0.2, 0.25) is 0 Å². The van der Waals surface area contributed by atoms with Gasteiger partial charge in [-0.15, -0.1) is 0 Å². The first kappa shape index (κ1) is 11.1. The molecule has 0 unspecified atom stereocenters. The first-order valence-electron chi connectivity index (χ1n) is 4.91. The van der Waals surface area contributed by atoms with Gasteiger partial charge in [-0.05, 0) is 12.1 Å². The second-order valence-electron chi connectivity index (χ2n) is 3.38. The summed E-state index contributed by atoms with van der Waals surface area (Å²) < 4.78 is 13.8. The maximum absolute atomic E-state index is 13.3. The summed E-state index contributed by atoms with van der Waals surface area (Å²) in [7, 11) is 0. The number of anilines is 1. The molecule has 2 aromatic rings. The van der Waals surface area contributed by atoms with Crippen LogP contribution >= 0.6 is 0 Å². The second-order valence-corrected chi connectivity index (χ2v) is 3.38. The number of amides is 1. The van der Waals surface area contributed by atoms with Crippen molar-refractivity contribution in [3.05, 3.63) is 65.4 Å². The van der Waals surface area contributed by atoms with E-state index >= 15 is 0 Å². The van der Waals surface area contributed by atoms with Crippen molar-refractivity contribution in [1.29, 1.82) is 0 Å². The molecule has 1 aromatic carbocycles. The highest BCUT2D eigenvalue weighted by atomic mass is 19.1. The van der Waals surface area contributed by atoms with Crippen molar-refractivity contribution in [3.8, 4) is 0 Å². The summed E-state index contributed by atoms with van der Waals surface area (Å²) in [6.45, 7) is 0. The van der Waals surface area contributed by atoms with E-state index in [4.69, 9.17) is 0 Å². The van der Waals surface area contributed by atoms with E-state index in [9.17, 15) is 14.4 Å². The Labute approximate surface area is 96.9 Å². The number of para-hydroxylation sites is 1. The van der Waals surface area contributed by atoms with Crippen LogP contribution in [0.4, 0.5) is 10.1 Å². The Morgan fingerprint density at radius 2 is 1.82 bits per heavy atom. The Hall–Kier alpha value is -2.43. The van der Waals surface area contributed by atoms with Crippen LogP contribution in [0.15, 0.2) is 48.8 Å². The van der Waals surface area contributed by atoms with Gasteiger partial charge in [0.15, 0.2) is 12.4 Å². The monoisotopic (exact) mass is 232 g/mol. The van der Waals surface area contributed by atoms with E-state index in [0.29, 0.717) is 10.3 Å². The fourth-order valence-corrected chi connectivity index (χ4v) is 1.32. The third-order valence-corrected chi connectivity index (χ3v) is 2.19. The normalized spacial score (nSPS) is 9.94. The average Bonchev–Trinajstić information content (AvgIpc) is 2.33.